The molecule has 128 valence electrons. The Morgan fingerprint density at radius 1 is 1.12 bits per heavy atom. The zero-order valence-electron chi connectivity index (χ0n) is 13.8. The zero-order chi connectivity index (χ0) is 16.7. The second kappa shape index (κ2) is 6.20. The number of hydrogen-bond acceptors (Lipinski definition) is 3. The molecule has 2 fully saturated rings. The van der Waals surface area contributed by atoms with Gasteiger partial charge in [0.15, 0.2) is 0 Å². The number of nitrogens with one attached hydrogen (secondary N) is 1. The number of hydrogen-bond donors (Lipinski definition) is 2. The van der Waals surface area contributed by atoms with Gasteiger partial charge < -0.3 is 15.3 Å². The molecule has 0 aromatic heterocycles. The lowest BCUT2D eigenvalue weighted by atomic mass is 9.95. The van der Waals surface area contributed by atoms with Gasteiger partial charge in [-0.15, -0.1) is 0 Å². The third-order valence-corrected chi connectivity index (χ3v) is 5.53. The summed E-state index contributed by atoms with van der Waals surface area (Å²) in [7, 11) is 0. The normalized spacial score (nSPS) is 29.2. The summed E-state index contributed by atoms with van der Waals surface area (Å²) in [5, 5.41) is 13.3. The first-order valence-electron chi connectivity index (χ1n) is 8.98. The van der Waals surface area contributed by atoms with E-state index < -0.39 is 6.10 Å². The van der Waals surface area contributed by atoms with Crippen molar-refractivity contribution in [2.24, 2.45) is 11.8 Å². The van der Waals surface area contributed by atoms with Crippen LogP contribution in [0, 0.1) is 11.8 Å². The van der Waals surface area contributed by atoms with Gasteiger partial charge in [-0.1, -0.05) is 24.3 Å². The highest BCUT2D eigenvalue weighted by atomic mass is 16.3. The van der Waals surface area contributed by atoms with Gasteiger partial charge >= 0.3 is 0 Å². The summed E-state index contributed by atoms with van der Waals surface area (Å²) in [5.41, 5.74) is 2.12. The minimum atomic E-state index is -0.570. The molecule has 5 nitrogen and oxygen atoms in total. The average Bonchev–Trinajstić information content (AvgIpc) is 3.40. The first-order valence-corrected chi connectivity index (χ1v) is 8.98. The van der Waals surface area contributed by atoms with Crippen LogP contribution in [0.3, 0.4) is 0 Å². The molecule has 5 heteroatoms. The van der Waals surface area contributed by atoms with Gasteiger partial charge in [-0.05, 0) is 36.8 Å². The molecular weight excluding hydrogens is 304 g/mol. The summed E-state index contributed by atoms with van der Waals surface area (Å²) in [6, 6.07) is 7.54. The van der Waals surface area contributed by atoms with Crippen molar-refractivity contribution in [1.82, 2.24) is 10.2 Å². The van der Waals surface area contributed by atoms with Crippen molar-refractivity contribution in [3.63, 3.8) is 0 Å². The van der Waals surface area contributed by atoms with Crippen molar-refractivity contribution in [2.75, 3.05) is 13.1 Å². The van der Waals surface area contributed by atoms with Gasteiger partial charge in [-0.25, -0.2) is 0 Å². The first kappa shape index (κ1) is 15.6. The number of rotatable bonds is 3. The number of aliphatic hydroxyl groups is 1. The molecule has 24 heavy (non-hydrogen) atoms. The topological polar surface area (TPSA) is 69.6 Å². The monoisotopic (exact) mass is 328 g/mol. The molecule has 3 unspecified atom stereocenters. The minimum absolute atomic E-state index is 0.0379. The number of likely N-dealkylation sites (tertiary alicyclic amines) is 1. The van der Waals surface area contributed by atoms with Crippen LogP contribution in [0.15, 0.2) is 24.3 Å². The Labute approximate surface area is 142 Å². The number of benzene rings is 1. The second-order valence-corrected chi connectivity index (χ2v) is 7.35. The molecule has 1 aromatic rings. The number of carbonyl (C=O) groups is 2. The summed E-state index contributed by atoms with van der Waals surface area (Å²) in [4.78, 5) is 26.8. The second-order valence-electron chi connectivity index (χ2n) is 7.35. The maximum Gasteiger partial charge on any atom is 0.225 e. The van der Waals surface area contributed by atoms with Crippen molar-refractivity contribution in [3.05, 3.63) is 35.4 Å². The predicted octanol–water partition coefficient (Wildman–Crippen LogP) is 1.41. The third kappa shape index (κ3) is 2.93. The summed E-state index contributed by atoms with van der Waals surface area (Å²) < 4.78 is 0. The Bertz CT molecular complexity index is 656. The van der Waals surface area contributed by atoms with Crippen LogP contribution in [0.4, 0.5) is 0 Å². The Kier molecular flexibility index (Phi) is 4.04. The van der Waals surface area contributed by atoms with Gasteiger partial charge in [0.1, 0.15) is 0 Å². The summed E-state index contributed by atoms with van der Waals surface area (Å²) >= 11 is 0. The van der Waals surface area contributed by atoms with E-state index in [1.54, 1.807) is 0 Å². The first-order chi connectivity index (χ1) is 11.6. The van der Waals surface area contributed by atoms with Crippen molar-refractivity contribution in [2.45, 2.75) is 44.2 Å². The van der Waals surface area contributed by atoms with E-state index in [-0.39, 0.29) is 29.7 Å². The fourth-order valence-corrected chi connectivity index (χ4v) is 4.00. The molecule has 1 saturated carbocycles. The summed E-state index contributed by atoms with van der Waals surface area (Å²) in [6.45, 7) is 1.29. The number of fused-ring (bicyclic) bond motifs is 1. The highest BCUT2D eigenvalue weighted by Crippen LogP contribution is 2.34. The van der Waals surface area contributed by atoms with Gasteiger partial charge in [0.25, 0.3) is 0 Å². The summed E-state index contributed by atoms with van der Waals surface area (Å²) in [5.74, 6) is 0.222. The van der Waals surface area contributed by atoms with Crippen molar-refractivity contribution in [3.8, 4) is 0 Å². The molecule has 1 aliphatic heterocycles. The lowest BCUT2D eigenvalue weighted by Gasteiger charge is -2.33. The Morgan fingerprint density at radius 3 is 2.71 bits per heavy atom. The average molecular weight is 328 g/mol. The number of aliphatic hydroxyl groups excluding tert-OH is 1. The Hall–Kier alpha value is -1.88. The van der Waals surface area contributed by atoms with Crippen molar-refractivity contribution in [1.29, 1.82) is 0 Å². The quantitative estimate of drug-likeness (QED) is 0.881. The zero-order valence-corrected chi connectivity index (χ0v) is 13.8. The lowest BCUT2D eigenvalue weighted by Crippen LogP contribution is -2.47. The Balaban J connectivity index is 1.41. The van der Waals surface area contributed by atoms with Gasteiger partial charge in [-0.3, -0.25) is 9.59 Å². The third-order valence-electron chi connectivity index (χ3n) is 5.53. The lowest BCUT2D eigenvalue weighted by molar-refractivity contribution is -0.137. The smallest absolute Gasteiger partial charge is 0.225 e. The Morgan fingerprint density at radius 2 is 1.92 bits per heavy atom. The van der Waals surface area contributed by atoms with E-state index >= 15 is 0 Å². The van der Waals surface area contributed by atoms with Crippen LogP contribution in [0.2, 0.25) is 0 Å². The molecule has 3 atom stereocenters. The highest BCUT2D eigenvalue weighted by Gasteiger charge is 2.38. The maximum atomic E-state index is 12.7. The van der Waals surface area contributed by atoms with Crippen molar-refractivity contribution >= 4 is 11.8 Å². The maximum absolute atomic E-state index is 12.7. The van der Waals surface area contributed by atoms with Crippen LogP contribution in [-0.4, -0.2) is 41.0 Å². The van der Waals surface area contributed by atoms with Crippen LogP contribution >= 0.6 is 0 Å². The van der Waals surface area contributed by atoms with Gasteiger partial charge in [0, 0.05) is 25.4 Å². The van der Waals surface area contributed by atoms with E-state index in [4.69, 9.17) is 0 Å². The summed E-state index contributed by atoms with van der Waals surface area (Å²) in [6.07, 6.45) is 3.69. The van der Waals surface area contributed by atoms with Crippen LogP contribution in [-0.2, 0) is 16.0 Å². The minimum Gasteiger partial charge on any atom is -0.390 e. The van der Waals surface area contributed by atoms with Crippen LogP contribution < -0.4 is 5.32 Å². The predicted molar refractivity (Wildman–Crippen MR) is 89.1 cm³/mol. The molecule has 4 rings (SSSR count). The van der Waals surface area contributed by atoms with E-state index in [2.05, 4.69) is 5.32 Å². The molecule has 3 aliphatic rings. The fraction of sp³-hybridized carbons (Fsp3) is 0.579. The fourth-order valence-electron chi connectivity index (χ4n) is 4.00. The molecule has 2 N–H and O–H groups in total. The van der Waals surface area contributed by atoms with Gasteiger partial charge in [-0.2, -0.15) is 0 Å². The number of piperidine rings is 1. The van der Waals surface area contributed by atoms with E-state index in [1.165, 1.54) is 0 Å². The largest absolute Gasteiger partial charge is 0.390 e. The molecule has 0 spiro atoms. The van der Waals surface area contributed by atoms with E-state index in [1.807, 2.05) is 29.2 Å². The standard InChI is InChI=1S/C19H24N2O3/c22-16-10-13-4-1-2-6-15(13)17(16)20-18(23)14-5-3-9-21(11-14)19(24)12-7-8-12/h1-2,4,6,12,14,16-17,22H,3,5,7-11H2,(H,20,23). The molecule has 2 aliphatic carbocycles. The molecule has 1 saturated heterocycles. The molecule has 0 radical (unpaired) electrons. The van der Waals surface area contributed by atoms with E-state index in [0.29, 0.717) is 13.0 Å². The molecule has 1 heterocycles. The SMILES string of the molecule is O=C(NC1c2ccccc2CC1O)C1CCCN(C(=O)C2CC2)C1. The number of nitrogens with zero attached hydrogens (tertiary/aromatic N) is 1. The van der Waals surface area contributed by atoms with E-state index in [9.17, 15) is 14.7 Å². The molecule has 1 aromatic carbocycles. The van der Waals surface area contributed by atoms with Crippen LogP contribution in [0.5, 0.6) is 0 Å². The van der Waals surface area contributed by atoms with Crippen LogP contribution in [0.1, 0.15) is 42.9 Å². The van der Waals surface area contributed by atoms with Gasteiger partial charge in [0.05, 0.1) is 18.1 Å². The van der Waals surface area contributed by atoms with Gasteiger partial charge in [0.2, 0.25) is 11.8 Å². The molecule has 2 amide bonds. The number of amides is 2. The van der Waals surface area contributed by atoms with E-state index in [0.717, 1.165) is 43.4 Å². The van der Waals surface area contributed by atoms with Crippen molar-refractivity contribution < 1.29 is 14.7 Å². The molecule has 0 bridgehead atoms. The van der Waals surface area contributed by atoms with Crippen LogP contribution in [0.25, 0.3) is 0 Å². The highest BCUT2D eigenvalue weighted by molar-refractivity contribution is 5.83. The number of carbonyl (C=O) groups excluding carboxylic acids is 2. The molecular formula is C19H24N2O3.